The summed E-state index contributed by atoms with van der Waals surface area (Å²) < 4.78 is 11.2. The number of hydrogen-bond acceptors (Lipinski definition) is 5. The van der Waals surface area contributed by atoms with Gasteiger partial charge in [-0.2, -0.15) is 4.80 Å². The molecule has 170 valence electrons. The number of aromatic nitrogens is 3. The van der Waals surface area contributed by atoms with Crippen molar-refractivity contribution in [2.75, 3.05) is 11.9 Å². The number of nitrogens with one attached hydrogen (secondary N) is 1. The van der Waals surface area contributed by atoms with E-state index < -0.39 is 0 Å². The fourth-order valence-corrected chi connectivity index (χ4v) is 3.68. The Bertz CT molecular complexity index is 1490. The van der Waals surface area contributed by atoms with Crippen molar-refractivity contribution in [3.05, 3.63) is 89.1 Å². The van der Waals surface area contributed by atoms with Crippen LogP contribution in [0.1, 0.15) is 23.0 Å². The monoisotopic (exact) mass is 472 g/mol. The summed E-state index contributed by atoms with van der Waals surface area (Å²) in [6.07, 6.45) is 0. The first-order valence-corrected chi connectivity index (χ1v) is 11.2. The van der Waals surface area contributed by atoms with Crippen molar-refractivity contribution in [3.63, 3.8) is 0 Å². The first-order chi connectivity index (χ1) is 16.5. The maximum atomic E-state index is 12.7. The zero-order valence-corrected chi connectivity index (χ0v) is 19.3. The molecule has 2 heterocycles. The lowest BCUT2D eigenvalue weighted by Crippen LogP contribution is -2.10. The number of amides is 1. The lowest BCUT2D eigenvalue weighted by molar-refractivity contribution is 0.0997. The predicted octanol–water partition coefficient (Wildman–Crippen LogP) is 6.29. The summed E-state index contributed by atoms with van der Waals surface area (Å²) in [5, 5.41) is 12.5. The van der Waals surface area contributed by atoms with Crippen LogP contribution in [-0.4, -0.2) is 27.5 Å². The molecule has 0 aliphatic heterocycles. The number of aryl methyl sites for hydroxylation is 1. The van der Waals surface area contributed by atoms with Gasteiger partial charge in [0.05, 0.1) is 12.3 Å². The van der Waals surface area contributed by atoms with E-state index in [1.807, 2.05) is 62.4 Å². The van der Waals surface area contributed by atoms with E-state index in [9.17, 15) is 4.79 Å². The molecule has 3 aromatic carbocycles. The number of rotatable bonds is 6. The summed E-state index contributed by atoms with van der Waals surface area (Å²) in [6.45, 7) is 4.48. The Morgan fingerprint density at radius 1 is 1.00 bits per heavy atom. The molecular formula is C26H21ClN4O3. The van der Waals surface area contributed by atoms with E-state index in [-0.39, 0.29) is 11.7 Å². The van der Waals surface area contributed by atoms with Crippen LogP contribution in [0.15, 0.2) is 77.2 Å². The number of halogens is 1. The van der Waals surface area contributed by atoms with Crippen LogP contribution in [0.4, 0.5) is 5.69 Å². The molecule has 0 spiro atoms. The quantitative estimate of drug-likeness (QED) is 0.314. The molecule has 0 saturated carbocycles. The molecule has 2 aromatic heterocycles. The highest BCUT2D eigenvalue weighted by Gasteiger charge is 2.14. The Balaban J connectivity index is 1.33. The normalized spacial score (nSPS) is 11.0. The highest BCUT2D eigenvalue weighted by atomic mass is 35.5. The third-order valence-corrected chi connectivity index (χ3v) is 5.71. The summed E-state index contributed by atoms with van der Waals surface area (Å²) in [5.41, 5.74) is 4.55. The van der Waals surface area contributed by atoms with Gasteiger partial charge in [-0.1, -0.05) is 23.7 Å². The number of anilines is 1. The number of carbonyl (C=O) groups excluding carboxylic acids is 1. The van der Waals surface area contributed by atoms with E-state index in [1.54, 1.807) is 29.1 Å². The first-order valence-electron chi connectivity index (χ1n) is 10.8. The summed E-state index contributed by atoms with van der Waals surface area (Å²) in [6, 6.07) is 21.9. The number of hydrogen-bond donors (Lipinski definition) is 1. The zero-order valence-electron chi connectivity index (χ0n) is 18.6. The molecule has 0 radical (unpaired) electrons. The fourth-order valence-electron chi connectivity index (χ4n) is 3.50. The largest absolute Gasteiger partial charge is 0.494 e. The number of benzene rings is 3. The van der Waals surface area contributed by atoms with Crippen molar-refractivity contribution >= 4 is 34.2 Å². The molecule has 8 heteroatoms. The van der Waals surface area contributed by atoms with Crippen molar-refractivity contribution in [1.29, 1.82) is 0 Å². The summed E-state index contributed by atoms with van der Waals surface area (Å²) in [5.74, 6) is 1.20. The standard InChI is InChI=1S/C26H21ClN4O3/c1-3-33-20-9-7-19(8-10-20)31-29-22-11-6-18(15-23(22)30-31)28-26(32)25-13-12-24(34-25)17-5-4-16(2)21(27)14-17/h4-15H,3H2,1-2H3,(H,28,32). The van der Waals surface area contributed by atoms with Crippen molar-refractivity contribution in [2.24, 2.45) is 0 Å². The molecule has 0 aliphatic rings. The second-order valence-corrected chi connectivity index (χ2v) is 8.11. The lowest BCUT2D eigenvalue weighted by atomic mass is 10.1. The van der Waals surface area contributed by atoms with Gasteiger partial charge in [0.1, 0.15) is 22.5 Å². The van der Waals surface area contributed by atoms with Crippen LogP contribution in [-0.2, 0) is 0 Å². The maximum Gasteiger partial charge on any atom is 0.291 e. The van der Waals surface area contributed by atoms with Crippen LogP contribution < -0.4 is 10.1 Å². The minimum atomic E-state index is -0.359. The molecule has 5 aromatic rings. The van der Waals surface area contributed by atoms with Crippen molar-refractivity contribution in [1.82, 2.24) is 15.0 Å². The smallest absolute Gasteiger partial charge is 0.291 e. The van der Waals surface area contributed by atoms with Crippen LogP contribution in [0.3, 0.4) is 0 Å². The van der Waals surface area contributed by atoms with Crippen molar-refractivity contribution in [2.45, 2.75) is 13.8 Å². The molecule has 34 heavy (non-hydrogen) atoms. The number of furan rings is 1. The molecular weight excluding hydrogens is 452 g/mol. The topological polar surface area (TPSA) is 82.2 Å². The van der Waals surface area contributed by atoms with Gasteiger partial charge in [-0.05, 0) is 80.1 Å². The van der Waals surface area contributed by atoms with E-state index in [2.05, 4.69) is 15.5 Å². The highest BCUT2D eigenvalue weighted by molar-refractivity contribution is 6.31. The number of carbonyl (C=O) groups is 1. The van der Waals surface area contributed by atoms with Crippen LogP contribution in [0.2, 0.25) is 5.02 Å². The van der Waals surface area contributed by atoms with Gasteiger partial charge in [0.15, 0.2) is 5.76 Å². The minimum Gasteiger partial charge on any atom is -0.494 e. The summed E-state index contributed by atoms with van der Waals surface area (Å²) in [7, 11) is 0. The van der Waals surface area contributed by atoms with Crippen LogP contribution in [0.5, 0.6) is 5.75 Å². The average Bonchev–Trinajstić information content (AvgIpc) is 3.49. The molecule has 0 unspecified atom stereocenters. The molecule has 1 N–H and O–H groups in total. The van der Waals surface area contributed by atoms with Gasteiger partial charge in [-0.15, -0.1) is 10.2 Å². The highest BCUT2D eigenvalue weighted by Crippen LogP contribution is 2.27. The van der Waals surface area contributed by atoms with Crippen molar-refractivity contribution in [3.8, 4) is 22.8 Å². The Hall–Kier alpha value is -4.10. The van der Waals surface area contributed by atoms with Gasteiger partial charge in [-0.25, -0.2) is 0 Å². The lowest BCUT2D eigenvalue weighted by Gasteiger charge is -2.03. The maximum absolute atomic E-state index is 12.7. The predicted molar refractivity (Wildman–Crippen MR) is 132 cm³/mol. The summed E-state index contributed by atoms with van der Waals surface area (Å²) in [4.78, 5) is 14.3. The molecule has 1 amide bonds. The molecule has 0 aliphatic carbocycles. The molecule has 0 saturated heterocycles. The number of ether oxygens (including phenoxy) is 1. The molecule has 0 atom stereocenters. The number of fused-ring (bicyclic) bond motifs is 1. The van der Waals surface area contributed by atoms with Gasteiger partial charge >= 0.3 is 0 Å². The Labute approximate surface area is 200 Å². The Kier molecular flexibility index (Phi) is 5.77. The third kappa shape index (κ3) is 4.38. The Morgan fingerprint density at radius 2 is 1.79 bits per heavy atom. The van der Waals surface area contributed by atoms with Gasteiger partial charge in [0, 0.05) is 16.3 Å². The first kappa shape index (κ1) is 21.7. The van der Waals surface area contributed by atoms with E-state index in [0.717, 1.165) is 22.6 Å². The molecule has 0 bridgehead atoms. The van der Waals surface area contributed by atoms with E-state index in [4.69, 9.17) is 20.8 Å². The van der Waals surface area contributed by atoms with E-state index in [0.29, 0.717) is 34.1 Å². The molecule has 5 rings (SSSR count). The van der Waals surface area contributed by atoms with Crippen LogP contribution in [0, 0.1) is 6.92 Å². The second-order valence-electron chi connectivity index (χ2n) is 7.70. The SMILES string of the molecule is CCOc1ccc(-n2nc3ccc(NC(=O)c4ccc(-c5ccc(C)c(Cl)c5)o4)cc3n2)cc1. The molecule has 7 nitrogen and oxygen atoms in total. The van der Waals surface area contributed by atoms with Gasteiger partial charge in [-0.3, -0.25) is 4.79 Å². The van der Waals surface area contributed by atoms with Gasteiger partial charge in [0.25, 0.3) is 5.91 Å². The van der Waals surface area contributed by atoms with Crippen LogP contribution >= 0.6 is 11.6 Å². The zero-order chi connectivity index (χ0) is 23.7. The van der Waals surface area contributed by atoms with Gasteiger partial charge < -0.3 is 14.5 Å². The molecule has 0 fully saturated rings. The third-order valence-electron chi connectivity index (χ3n) is 5.30. The average molecular weight is 473 g/mol. The van der Waals surface area contributed by atoms with Crippen LogP contribution in [0.25, 0.3) is 28.0 Å². The van der Waals surface area contributed by atoms with Gasteiger partial charge in [0.2, 0.25) is 0 Å². The Morgan fingerprint density at radius 3 is 2.56 bits per heavy atom. The van der Waals surface area contributed by atoms with E-state index >= 15 is 0 Å². The van der Waals surface area contributed by atoms with Crippen molar-refractivity contribution < 1.29 is 13.9 Å². The minimum absolute atomic E-state index is 0.199. The summed E-state index contributed by atoms with van der Waals surface area (Å²) >= 11 is 6.21. The fraction of sp³-hybridized carbons (Fsp3) is 0.115. The second kappa shape index (κ2) is 9.03. The van der Waals surface area contributed by atoms with E-state index in [1.165, 1.54) is 0 Å². The number of nitrogens with zero attached hydrogens (tertiary/aromatic N) is 3.